The van der Waals surface area contributed by atoms with E-state index in [0.717, 1.165) is 0 Å². The highest BCUT2D eigenvalue weighted by Crippen LogP contribution is 2.49. The van der Waals surface area contributed by atoms with Crippen LogP contribution in [0.5, 0.6) is 17.2 Å². The summed E-state index contributed by atoms with van der Waals surface area (Å²) in [7, 11) is -3.89. The van der Waals surface area contributed by atoms with Crippen molar-refractivity contribution in [3.8, 4) is 17.2 Å². The van der Waals surface area contributed by atoms with Gasteiger partial charge in [-0.25, -0.2) is 0 Å². The standard InChI is InChI=1S/C18H15O4P.C8H19N/c19-23(20-16-10-4-1-5-11-16,21-17-12-6-2-7-13-17)22-18-14-8-3-9-15-18;1-3-5-7-9-8-6-4-2/h1-15H;9H,3-8H2,1-2H3. The lowest BCUT2D eigenvalue weighted by molar-refractivity contribution is 0.298. The molecule has 0 radical (unpaired) electrons. The first kappa shape index (κ1) is 25.5. The molecule has 1 N–H and O–H groups in total. The molecule has 0 bridgehead atoms. The highest BCUT2D eigenvalue weighted by molar-refractivity contribution is 7.49. The Kier molecular flexibility index (Phi) is 12.1. The second-order valence-electron chi connectivity index (χ2n) is 7.12. The molecule has 0 fully saturated rings. The number of para-hydroxylation sites is 3. The monoisotopic (exact) mass is 455 g/mol. The minimum atomic E-state index is -3.89. The molecule has 0 spiro atoms. The quantitative estimate of drug-likeness (QED) is 0.226. The number of hydrogen-bond donors (Lipinski definition) is 1. The molecule has 0 unspecified atom stereocenters. The second kappa shape index (κ2) is 15.1. The zero-order chi connectivity index (χ0) is 22.9. The van der Waals surface area contributed by atoms with Crippen molar-refractivity contribution >= 4 is 7.82 Å². The Bertz CT molecular complexity index is 777. The number of rotatable bonds is 12. The van der Waals surface area contributed by atoms with Gasteiger partial charge in [-0.2, -0.15) is 4.57 Å². The van der Waals surface area contributed by atoms with Gasteiger partial charge in [0, 0.05) is 0 Å². The number of phosphoric acid groups is 1. The molecule has 0 saturated heterocycles. The van der Waals surface area contributed by atoms with Gasteiger partial charge in [0.15, 0.2) is 0 Å². The lowest BCUT2D eigenvalue weighted by Crippen LogP contribution is -2.15. The minimum Gasteiger partial charge on any atom is -0.386 e. The van der Waals surface area contributed by atoms with Crippen molar-refractivity contribution < 1.29 is 18.1 Å². The molecule has 3 aromatic rings. The fourth-order valence-corrected chi connectivity index (χ4v) is 3.87. The Morgan fingerprint density at radius 3 is 1.19 bits per heavy atom. The van der Waals surface area contributed by atoms with Crippen LogP contribution in [0.2, 0.25) is 0 Å². The summed E-state index contributed by atoms with van der Waals surface area (Å²) in [4.78, 5) is 0. The summed E-state index contributed by atoms with van der Waals surface area (Å²) >= 11 is 0. The minimum absolute atomic E-state index is 0.405. The van der Waals surface area contributed by atoms with Crippen molar-refractivity contribution in [2.45, 2.75) is 39.5 Å². The van der Waals surface area contributed by atoms with Crippen LogP contribution in [0, 0.1) is 0 Å². The SMILES string of the molecule is CCCCNCCCC.O=P(Oc1ccccc1)(Oc1ccccc1)Oc1ccccc1. The Hall–Kier alpha value is -2.75. The van der Waals surface area contributed by atoms with E-state index in [1.165, 1.54) is 38.8 Å². The van der Waals surface area contributed by atoms with E-state index < -0.39 is 7.82 Å². The van der Waals surface area contributed by atoms with E-state index in [4.69, 9.17) is 13.6 Å². The molecule has 0 aliphatic heterocycles. The molecule has 5 nitrogen and oxygen atoms in total. The van der Waals surface area contributed by atoms with Crippen LogP contribution in [-0.4, -0.2) is 13.1 Å². The van der Waals surface area contributed by atoms with Crippen molar-refractivity contribution in [3.05, 3.63) is 91.0 Å². The fourth-order valence-electron chi connectivity index (χ4n) is 2.62. The van der Waals surface area contributed by atoms with Crippen molar-refractivity contribution in [1.29, 1.82) is 0 Å². The molecule has 0 saturated carbocycles. The Morgan fingerprint density at radius 2 is 0.906 bits per heavy atom. The maximum absolute atomic E-state index is 13.1. The lowest BCUT2D eigenvalue weighted by atomic mass is 10.3. The topological polar surface area (TPSA) is 56.8 Å². The van der Waals surface area contributed by atoms with Gasteiger partial charge in [0.05, 0.1) is 0 Å². The maximum Gasteiger partial charge on any atom is 0.647 e. The molecule has 0 atom stereocenters. The number of benzene rings is 3. The van der Waals surface area contributed by atoms with E-state index in [9.17, 15) is 4.57 Å². The molecular formula is C26H34NO4P. The summed E-state index contributed by atoms with van der Waals surface area (Å²) in [6.45, 7) is 6.86. The third kappa shape index (κ3) is 10.5. The first-order chi connectivity index (χ1) is 15.6. The summed E-state index contributed by atoms with van der Waals surface area (Å²) in [6, 6.07) is 26.4. The van der Waals surface area contributed by atoms with Gasteiger partial charge in [-0.1, -0.05) is 81.3 Å². The number of unbranched alkanes of at least 4 members (excludes halogenated alkanes) is 2. The van der Waals surface area contributed by atoms with E-state index in [2.05, 4.69) is 19.2 Å². The van der Waals surface area contributed by atoms with Gasteiger partial charge in [-0.3, -0.25) is 0 Å². The van der Waals surface area contributed by atoms with Crippen LogP contribution >= 0.6 is 7.82 Å². The Balaban J connectivity index is 0.000000344. The van der Waals surface area contributed by atoms with Crippen molar-refractivity contribution in [2.24, 2.45) is 0 Å². The van der Waals surface area contributed by atoms with Crippen LogP contribution in [0.3, 0.4) is 0 Å². The smallest absolute Gasteiger partial charge is 0.386 e. The summed E-state index contributed by atoms with van der Waals surface area (Å²) in [5, 5.41) is 3.39. The molecule has 3 rings (SSSR count). The molecule has 0 aliphatic rings. The van der Waals surface area contributed by atoms with Crippen LogP contribution in [-0.2, 0) is 4.57 Å². The third-order valence-corrected chi connectivity index (χ3v) is 5.60. The number of hydrogen-bond acceptors (Lipinski definition) is 5. The first-order valence-electron chi connectivity index (χ1n) is 11.2. The van der Waals surface area contributed by atoms with E-state index >= 15 is 0 Å². The molecule has 32 heavy (non-hydrogen) atoms. The summed E-state index contributed by atoms with van der Waals surface area (Å²) in [6.07, 6.45) is 5.26. The molecule has 0 amide bonds. The highest BCUT2D eigenvalue weighted by atomic mass is 31.2. The molecule has 0 heterocycles. The van der Waals surface area contributed by atoms with Gasteiger partial charge >= 0.3 is 7.82 Å². The molecule has 172 valence electrons. The van der Waals surface area contributed by atoms with E-state index in [1.807, 2.05) is 18.2 Å². The second-order valence-corrected chi connectivity index (χ2v) is 8.56. The maximum atomic E-state index is 13.1. The zero-order valence-electron chi connectivity index (χ0n) is 19.0. The average molecular weight is 456 g/mol. The number of phosphoric ester groups is 1. The third-order valence-electron chi connectivity index (χ3n) is 4.30. The average Bonchev–Trinajstić information content (AvgIpc) is 2.81. The largest absolute Gasteiger partial charge is 0.647 e. The predicted octanol–water partition coefficient (Wildman–Crippen LogP) is 7.51. The van der Waals surface area contributed by atoms with Crippen molar-refractivity contribution in [3.63, 3.8) is 0 Å². The molecule has 0 aromatic heterocycles. The van der Waals surface area contributed by atoms with Gasteiger partial charge < -0.3 is 18.9 Å². The fraction of sp³-hybridized carbons (Fsp3) is 0.308. The summed E-state index contributed by atoms with van der Waals surface area (Å²) < 4.78 is 29.6. The van der Waals surface area contributed by atoms with Crippen LogP contribution in [0.1, 0.15) is 39.5 Å². The Labute approximate surface area is 192 Å². The van der Waals surface area contributed by atoms with Gasteiger partial charge in [0.2, 0.25) is 0 Å². The zero-order valence-corrected chi connectivity index (χ0v) is 19.9. The van der Waals surface area contributed by atoms with Crippen LogP contribution in [0.15, 0.2) is 91.0 Å². The van der Waals surface area contributed by atoms with Gasteiger partial charge in [0.1, 0.15) is 17.2 Å². The molecule has 0 aliphatic carbocycles. The van der Waals surface area contributed by atoms with E-state index in [1.54, 1.807) is 72.8 Å². The lowest BCUT2D eigenvalue weighted by Gasteiger charge is -2.19. The van der Waals surface area contributed by atoms with Crippen LogP contribution < -0.4 is 18.9 Å². The Morgan fingerprint density at radius 1 is 0.594 bits per heavy atom. The van der Waals surface area contributed by atoms with Crippen molar-refractivity contribution in [2.75, 3.05) is 13.1 Å². The highest BCUT2D eigenvalue weighted by Gasteiger charge is 2.33. The molecule has 6 heteroatoms. The summed E-state index contributed by atoms with van der Waals surface area (Å²) in [5.41, 5.74) is 0. The van der Waals surface area contributed by atoms with Gasteiger partial charge in [-0.15, -0.1) is 0 Å². The van der Waals surface area contributed by atoms with Crippen LogP contribution in [0.4, 0.5) is 0 Å². The molecular weight excluding hydrogens is 421 g/mol. The van der Waals surface area contributed by atoms with Gasteiger partial charge in [-0.05, 0) is 62.3 Å². The van der Waals surface area contributed by atoms with Crippen LogP contribution in [0.25, 0.3) is 0 Å². The van der Waals surface area contributed by atoms with Crippen molar-refractivity contribution in [1.82, 2.24) is 5.32 Å². The van der Waals surface area contributed by atoms with Gasteiger partial charge in [0.25, 0.3) is 0 Å². The summed E-state index contributed by atoms with van der Waals surface area (Å²) in [5.74, 6) is 1.22. The van der Waals surface area contributed by atoms with E-state index in [-0.39, 0.29) is 0 Å². The first-order valence-corrected chi connectivity index (χ1v) is 12.7. The predicted molar refractivity (Wildman–Crippen MR) is 132 cm³/mol. The molecule has 3 aromatic carbocycles. The van der Waals surface area contributed by atoms with E-state index in [0.29, 0.717) is 17.2 Å². The number of nitrogens with one attached hydrogen (secondary N) is 1. The normalized spacial score (nSPS) is 10.6.